The summed E-state index contributed by atoms with van der Waals surface area (Å²) in [4.78, 5) is 75.8. The van der Waals surface area contributed by atoms with E-state index in [2.05, 4.69) is 20.0 Å². The molecule has 3 unspecified atom stereocenters. The van der Waals surface area contributed by atoms with Crippen LogP contribution in [-0.2, 0) is 36.9 Å². The van der Waals surface area contributed by atoms with E-state index in [4.69, 9.17) is 28.4 Å². The lowest BCUT2D eigenvalue weighted by atomic mass is 10.1. The summed E-state index contributed by atoms with van der Waals surface area (Å²) in [6.07, 6.45) is 2.76. The first-order valence-electron chi connectivity index (χ1n) is 36.8. The van der Waals surface area contributed by atoms with Crippen LogP contribution in [-0.4, -0.2) is 107 Å². The fraction of sp³-hybridized carbons (Fsp3) is 0.207. The number of carbonyl (C=O) groups excluding carboxylic acids is 6. The average Bonchev–Trinajstić information content (AvgIpc) is 1.64. The van der Waals surface area contributed by atoms with Gasteiger partial charge in [-0.2, -0.15) is 15.3 Å². The van der Waals surface area contributed by atoms with Gasteiger partial charge in [-0.25, -0.2) is 67.7 Å². The van der Waals surface area contributed by atoms with Gasteiger partial charge in [0.25, 0.3) is 17.7 Å². The normalized spacial score (nSPS) is 15.2. The fourth-order valence-corrected chi connectivity index (χ4v) is 15.8. The summed E-state index contributed by atoms with van der Waals surface area (Å²) in [7, 11) is 4.18. The molecule has 0 spiro atoms. The van der Waals surface area contributed by atoms with Gasteiger partial charge in [0.2, 0.25) is 0 Å². The number of hydrogen-bond donors (Lipinski definition) is 0. The highest BCUT2D eigenvalue weighted by atomic mass is 32.2. The maximum Gasteiger partial charge on any atom is 0.309 e. The third-order valence-corrected chi connectivity index (χ3v) is 22.0. The van der Waals surface area contributed by atoms with E-state index < -0.39 is 126 Å². The summed E-state index contributed by atoms with van der Waals surface area (Å²) in [6, 6.07) is 42.2. The molecule has 10 aromatic rings. The van der Waals surface area contributed by atoms with Gasteiger partial charge < -0.3 is 33.2 Å². The van der Waals surface area contributed by atoms with E-state index in [9.17, 15) is 81.5 Å². The van der Waals surface area contributed by atoms with Crippen molar-refractivity contribution in [1.29, 1.82) is 0 Å². The lowest BCUT2D eigenvalue weighted by molar-refractivity contribution is -0.143. The summed E-state index contributed by atoms with van der Waals surface area (Å²) in [5.41, 5.74) is 1.26. The van der Waals surface area contributed by atoms with Gasteiger partial charge in [-0.05, 0) is 134 Å². The minimum Gasteiger partial charge on any atom is -0.492 e. The molecule has 121 heavy (non-hydrogen) atoms. The third-order valence-electron chi connectivity index (χ3n) is 18.3. The molecule has 3 atom stereocenters. The molecule has 626 valence electrons. The molecule has 1 fully saturated rings. The quantitative estimate of drug-likeness (QED) is 0.0346. The molecule has 10 aromatic carbocycles. The number of hydrogen-bond acceptors (Lipinski definition) is 19. The van der Waals surface area contributed by atoms with Gasteiger partial charge in [-0.1, -0.05) is 102 Å². The van der Waals surface area contributed by atoms with Crippen molar-refractivity contribution in [2.24, 2.45) is 21.2 Å². The number of ether oxygens (including phenoxy) is 7. The molecule has 3 amide bonds. The Balaban J connectivity index is 0.000000167. The summed E-state index contributed by atoms with van der Waals surface area (Å²) in [5.74, 6) is -15.7. The van der Waals surface area contributed by atoms with Crippen LogP contribution in [0.15, 0.2) is 209 Å². The highest BCUT2D eigenvalue weighted by molar-refractivity contribution is 8.15. The lowest BCUT2D eigenvalue weighted by Crippen LogP contribution is -2.28. The van der Waals surface area contributed by atoms with Crippen molar-refractivity contribution >= 4 is 85.9 Å². The van der Waals surface area contributed by atoms with Crippen LogP contribution in [0.2, 0.25) is 0 Å². The average molecular weight is 1730 g/mol. The number of methoxy groups -OCH3 is 3. The largest absolute Gasteiger partial charge is 0.492 e. The Kier molecular flexibility index (Phi) is 29.0. The first-order valence-corrected chi connectivity index (χ1v) is 39.5. The molecule has 34 heteroatoms. The SMILES string of the molecule is CCOC(=O)CCCC(=O)COc1ccccc1C1SC(c2ccc(F)cc2)=NN1C(=O)c1c(F)cc(F)cc1F.COC(=O)Cc1ccc(COc2cccc(C3SC(c4ccc(F)cc4)=NN3C(=O)c3c(F)cc(F)cc3F)c2OC)cc1.COc1c(OCC2CC2)cccc1C1SC(c2ccc(F)cc2)=NN1C(=O)c1c(F)cc(F)cc1F. The highest BCUT2D eigenvalue weighted by Gasteiger charge is 2.43. The number of Topliss-reactive ketones (excluding diaryl/α,β-unsaturated/α-hetero) is 1. The molecule has 4 aliphatic rings. The van der Waals surface area contributed by atoms with Crippen LogP contribution in [0.4, 0.5) is 52.7 Å². The number of amides is 3. The van der Waals surface area contributed by atoms with Crippen molar-refractivity contribution in [3.05, 3.63) is 325 Å². The van der Waals surface area contributed by atoms with Crippen molar-refractivity contribution in [1.82, 2.24) is 15.0 Å². The lowest BCUT2D eigenvalue weighted by Gasteiger charge is -2.24. The van der Waals surface area contributed by atoms with Crippen molar-refractivity contribution in [3.8, 4) is 28.7 Å². The van der Waals surface area contributed by atoms with E-state index >= 15 is 0 Å². The molecule has 0 saturated heterocycles. The van der Waals surface area contributed by atoms with E-state index in [1.807, 2.05) is 0 Å². The number of benzene rings is 10. The fourth-order valence-electron chi connectivity index (χ4n) is 12.2. The predicted molar refractivity (Wildman–Crippen MR) is 425 cm³/mol. The molecular weight excluding hydrogens is 1660 g/mol. The zero-order chi connectivity index (χ0) is 86.3. The van der Waals surface area contributed by atoms with Crippen LogP contribution in [0.25, 0.3) is 0 Å². The Morgan fingerprint density at radius 1 is 0.405 bits per heavy atom. The number of halogens is 12. The molecule has 1 aliphatic carbocycles. The zero-order valence-electron chi connectivity index (χ0n) is 64.1. The van der Waals surface area contributed by atoms with E-state index in [-0.39, 0.29) is 78.8 Å². The summed E-state index contributed by atoms with van der Waals surface area (Å²) in [6.45, 7) is 2.24. The minimum atomic E-state index is -1.40. The maximum atomic E-state index is 14.7. The minimum absolute atomic E-state index is 0.0741. The van der Waals surface area contributed by atoms with Gasteiger partial charge in [0.1, 0.15) is 137 Å². The Labute approximate surface area is 696 Å². The number of nitrogens with zero attached hydrogens (tertiary/aromatic N) is 6. The molecule has 0 N–H and O–H groups in total. The van der Waals surface area contributed by atoms with Crippen LogP contribution >= 0.6 is 35.3 Å². The maximum absolute atomic E-state index is 14.7. The molecule has 1 saturated carbocycles. The second-order valence-corrected chi connectivity index (χ2v) is 29.9. The van der Waals surface area contributed by atoms with Gasteiger partial charge in [-0.15, -0.1) is 0 Å². The molecule has 0 aromatic heterocycles. The molecule has 3 aliphatic heterocycles. The van der Waals surface area contributed by atoms with Crippen molar-refractivity contribution in [2.45, 2.75) is 68.2 Å². The first-order chi connectivity index (χ1) is 58.2. The standard InChI is InChI=1S/C32H24F4N2O5S.C29H24F4N2O5S.C26H20F4N2O3S/c1-41-27(39)14-18-6-8-19(9-7-18)17-43-26-5-3-4-23(29(26)42-2)32-38(31(40)28-24(35)15-22(34)16-25(28)36)37-30(44-32)20-10-12-21(33)13-11-20;1-2-39-25(37)9-5-6-20(36)16-40-24-8-4-3-7-21(24)29-35(28(38)26-22(32)14-19(31)15-23(26)33)34-27(41-29)17-10-12-18(30)13-11-17;1-34-23-18(3-2-4-21(23)35-13-14-5-6-14)26-32(25(33)22-19(29)11-17(28)12-20(22)30)31-24(36-26)15-7-9-16(27)10-8-15/h3-13,15-16,32H,14,17H2,1-2H3;3-4,7-8,10-15,29H,2,5-6,9,16H2,1H3;2-4,7-12,14,26H,5-6,13H2,1H3. The Morgan fingerprint density at radius 3 is 1.17 bits per heavy atom. The molecule has 3 heterocycles. The number of hydrazone groups is 3. The topological polar surface area (TPSA) is 214 Å². The second-order valence-electron chi connectivity index (χ2n) is 26.7. The van der Waals surface area contributed by atoms with Gasteiger partial charge in [0, 0.05) is 82.6 Å². The Bertz CT molecular complexity index is 5570. The van der Waals surface area contributed by atoms with Crippen LogP contribution in [0.1, 0.15) is 131 Å². The third kappa shape index (κ3) is 21.5. The monoisotopic (exact) mass is 1730 g/mol. The predicted octanol–water partition coefficient (Wildman–Crippen LogP) is 19.3. The van der Waals surface area contributed by atoms with E-state index in [1.54, 1.807) is 91.9 Å². The number of thioether (sulfide) groups is 3. The van der Waals surface area contributed by atoms with Crippen molar-refractivity contribution in [2.75, 3.05) is 41.2 Å². The summed E-state index contributed by atoms with van der Waals surface area (Å²) < 4.78 is 207. The zero-order valence-corrected chi connectivity index (χ0v) is 66.6. The van der Waals surface area contributed by atoms with Gasteiger partial charge in [0.15, 0.2) is 28.8 Å². The number of rotatable bonds is 27. The van der Waals surface area contributed by atoms with E-state index in [0.29, 0.717) is 105 Å². The van der Waals surface area contributed by atoms with Crippen LogP contribution < -0.4 is 23.7 Å². The number of esters is 2. The first kappa shape index (κ1) is 87.7. The van der Waals surface area contributed by atoms with E-state index in [1.165, 1.54) is 94.1 Å². The molecule has 14 rings (SSSR count). The molecule has 0 bridgehead atoms. The molecule has 0 radical (unpaired) electrons. The molecular formula is C87H68F12N6O13S3. The van der Waals surface area contributed by atoms with E-state index in [0.717, 1.165) is 74.3 Å². The van der Waals surface area contributed by atoms with Gasteiger partial charge >= 0.3 is 11.9 Å². The number of carbonyl (C=O) groups is 6. The highest BCUT2D eigenvalue weighted by Crippen LogP contribution is 2.51. The van der Waals surface area contributed by atoms with Gasteiger partial charge in [0.05, 0.1) is 41.0 Å². The smallest absolute Gasteiger partial charge is 0.309 e. The van der Waals surface area contributed by atoms with Crippen LogP contribution in [0.3, 0.4) is 0 Å². The van der Waals surface area contributed by atoms with Crippen molar-refractivity contribution in [3.63, 3.8) is 0 Å². The second kappa shape index (κ2) is 40.0. The molecule has 19 nitrogen and oxygen atoms in total. The Hall–Kier alpha value is -12.6. The Morgan fingerprint density at radius 2 is 0.777 bits per heavy atom. The van der Waals surface area contributed by atoms with Gasteiger partial charge in [-0.3, -0.25) is 28.8 Å². The number of ketones is 1. The van der Waals surface area contributed by atoms with Crippen LogP contribution in [0.5, 0.6) is 28.7 Å². The number of para-hydroxylation sites is 3. The van der Waals surface area contributed by atoms with Crippen molar-refractivity contribution < 1.29 is 115 Å². The summed E-state index contributed by atoms with van der Waals surface area (Å²) >= 11 is 3.23. The summed E-state index contributed by atoms with van der Waals surface area (Å²) in [5, 5.41) is 13.5. The van der Waals surface area contributed by atoms with Crippen LogP contribution in [0, 0.1) is 75.7 Å².